The Morgan fingerprint density at radius 2 is 2.07 bits per heavy atom. The van der Waals surface area contributed by atoms with Crippen molar-refractivity contribution in [1.82, 2.24) is 0 Å². The lowest BCUT2D eigenvalue weighted by molar-refractivity contribution is 0.411. The first-order valence-electron chi connectivity index (χ1n) is 4.86. The van der Waals surface area contributed by atoms with Gasteiger partial charge >= 0.3 is 0 Å². The average molecular weight is 213 g/mol. The van der Waals surface area contributed by atoms with E-state index in [1.54, 1.807) is 7.11 Å². The molecule has 1 rings (SSSR count). The van der Waals surface area contributed by atoms with Crippen molar-refractivity contribution in [3.05, 3.63) is 15.8 Å². The summed E-state index contributed by atoms with van der Waals surface area (Å²) in [6.07, 6.45) is 0.907. The smallest absolute Gasteiger partial charge is 0.133 e. The minimum atomic E-state index is 0.199. The summed E-state index contributed by atoms with van der Waals surface area (Å²) in [4.78, 5) is 2.62. The van der Waals surface area contributed by atoms with Crippen molar-refractivity contribution in [3.8, 4) is 5.75 Å². The predicted molar refractivity (Wildman–Crippen MR) is 62.3 cm³/mol. The lowest BCUT2D eigenvalue weighted by atomic mass is 9.95. The summed E-state index contributed by atoms with van der Waals surface area (Å²) in [5.41, 5.74) is 5.75. The Bertz CT molecular complexity index is 299. The summed E-state index contributed by atoms with van der Waals surface area (Å²) in [6, 6.07) is 2.13. The molecule has 0 aliphatic heterocycles. The van der Waals surface area contributed by atoms with Gasteiger partial charge in [0, 0.05) is 9.75 Å². The van der Waals surface area contributed by atoms with Gasteiger partial charge in [-0.05, 0) is 24.4 Å². The maximum absolute atomic E-state index is 5.55. The third-order valence-corrected chi connectivity index (χ3v) is 3.70. The van der Waals surface area contributed by atoms with Crippen LogP contribution in [0.1, 0.15) is 30.5 Å². The Morgan fingerprint density at radius 1 is 1.43 bits per heavy atom. The SMILES string of the molecule is COc1cc(C(C)(C)C)sc1CCN. The summed E-state index contributed by atoms with van der Waals surface area (Å²) in [5.74, 6) is 0.991. The molecule has 0 radical (unpaired) electrons. The van der Waals surface area contributed by atoms with E-state index < -0.39 is 0 Å². The standard InChI is InChI=1S/C11H19NOS/c1-11(2,3)10-7-8(13-4)9(14-10)5-6-12/h7H,5-6,12H2,1-4H3. The second kappa shape index (κ2) is 4.32. The van der Waals surface area contributed by atoms with Crippen LogP contribution in [0.3, 0.4) is 0 Å². The zero-order chi connectivity index (χ0) is 10.8. The highest BCUT2D eigenvalue weighted by Gasteiger charge is 2.19. The molecule has 0 unspecified atom stereocenters. The van der Waals surface area contributed by atoms with Crippen LogP contribution in [0.2, 0.25) is 0 Å². The quantitative estimate of drug-likeness (QED) is 0.837. The van der Waals surface area contributed by atoms with Crippen LogP contribution in [0, 0.1) is 0 Å². The minimum absolute atomic E-state index is 0.199. The highest BCUT2D eigenvalue weighted by atomic mass is 32.1. The Kier molecular flexibility index (Phi) is 3.56. The van der Waals surface area contributed by atoms with Crippen LogP contribution >= 0.6 is 11.3 Å². The van der Waals surface area contributed by atoms with Crippen molar-refractivity contribution >= 4 is 11.3 Å². The van der Waals surface area contributed by atoms with Crippen molar-refractivity contribution in [2.45, 2.75) is 32.6 Å². The normalized spacial score (nSPS) is 11.8. The number of hydrogen-bond donors (Lipinski definition) is 1. The molecule has 80 valence electrons. The molecule has 0 fully saturated rings. The summed E-state index contributed by atoms with van der Waals surface area (Å²) < 4.78 is 5.33. The van der Waals surface area contributed by atoms with Crippen LogP contribution in [0.25, 0.3) is 0 Å². The Balaban J connectivity index is 3.00. The van der Waals surface area contributed by atoms with Gasteiger partial charge in [-0.25, -0.2) is 0 Å². The van der Waals surface area contributed by atoms with Crippen LogP contribution in [0.4, 0.5) is 0 Å². The second-order valence-electron chi connectivity index (χ2n) is 4.39. The third kappa shape index (κ3) is 2.49. The Morgan fingerprint density at radius 3 is 2.50 bits per heavy atom. The number of thiophene rings is 1. The van der Waals surface area contributed by atoms with Gasteiger partial charge in [-0.3, -0.25) is 0 Å². The number of methoxy groups -OCH3 is 1. The van der Waals surface area contributed by atoms with Gasteiger partial charge in [-0.15, -0.1) is 11.3 Å². The minimum Gasteiger partial charge on any atom is -0.496 e. The van der Waals surface area contributed by atoms with E-state index in [9.17, 15) is 0 Å². The zero-order valence-electron chi connectivity index (χ0n) is 9.39. The van der Waals surface area contributed by atoms with E-state index in [1.165, 1.54) is 9.75 Å². The summed E-state index contributed by atoms with van der Waals surface area (Å²) in [5, 5.41) is 0. The molecule has 1 heterocycles. The highest BCUT2D eigenvalue weighted by molar-refractivity contribution is 7.12. The van der Waals surface area contributed by atoms with Crippen molar-refractivity contribution in [3.63, 3.8) is 0 Å². The van der Waals surface area contributed by atoms with Gasteiger partial charge in [0.15, 0.2) is 0 Å². The molecule has 0 saturated heterocycles. The van der Waals surface area contributed by atoms with E-state index in [0.29, 0.717) is 6.54 Å². The van der Waals surface area contributed by atoms with Gasteiger partial charge in [-0.1, -0.05) is 20.8 Å². The third-order valence-electron chi connectivity index (χ3n) is 2.10. The van der Waals surface area contributed by atoms with Gasteiger partial charge in [0.2, 0.25) is 0 Å². The fourth-order valence-electron chi connectivity index (χ4n) is 1.26. The van der Waals surface area contributed by atoms with Crippen LogP contribution in [-0.2, 0) is 11.8 Å². The fraction of sp³-hybridized carbons (Fsp3) is 0.636. The lowest BCUT2D eigenvalue weighted by Gasteiger charge is -2.15. The topological polar surface area (TPSA) is 35.2 Å². The van der Waals surface area contributed by atoms with E-state index in [-0.39, 0.29) is 5.41 Å². The molecular formula is C11H19NOS. The molecule has 14 heavy (non-hydrogen) atoms. The van der Waals surface area contributed by atoms with Crippen LogP contribution < -0.4 is 10.5 Å². The largest absolute Gasteiger partial charge is 0.496 e. The van der Waals surface area contributed by atoms with Gasteiger partial charge in [-0.2, -0.15) is 0 Å². The molecule has 0 aliphatic carbocycles. The number of rotatable bonds is 3. The fourth-order valence-corrected chi connectivity index (χ4v) is 2.46. The van der Waals surface area contributed by atoms with Crippen molar-refractivity contribution in [1.29, 1.82) is 0 Å². The maximum atomic E-state index is 5.55. The average Bonchev–Trinajstić information content (AvgIpc) is 2.47. The van der Waals surface area contributed by atoms with Crippen LogP contribution in [-0.4, -0.2) is 13.7 Å². The van der Waals surface area contributed by atoms with Crippen molar-refractivity contribution in [2.75, 3.05) is 13.7 Å². The molecule has 0 amide bonds. The molecule has 0 atom stereocenters. The first-order valence-corrected chi connectivity index (χ1v) is 5.68. The van der Waals surface area contributed by atoms with E-state index in [1.807, 2.05) is 11.3 Å². The summed E-state index contributed by atoms with van der Waals surface area (Å²) in [7, 11) is 1.72. The Labute approximate surface area is 90.1 Å². The molecular weight excluding hydrogens is 194 g/mol. The molecule has 0 aliphatic rings. The molecule has 0 bridgehead atoms. The summed E-state index contributed by atoms with van der Waals surface area (Å²) >= 11 is 1.81. The van der Waals surface area contributed by atoms with E-state index in [0.717, 1.165) is 12.2 Å². The van der Waals surface area contributed by atoms with Crippen LogP contribution in [0.15, 0.2) is 6.07 Å². The Hall–Kier alpha value is -0.540. The maximum Gasteiger partial charge on any atom is 0.133 e. The first kappa shape index (κ1) is 11.5. The van der Waals surface area contributed by atoms with Gasteiger partial charge in [0.05, 0.1) is 7.11 Å². The molecule has 3 heteroatoms. The number of nitrogens with two attached hydrogens (primary N) is 1. The highest BCUT2D eigenvalue weighted by Crippen LogP contribution is 2.36. The van der Waals surface area contributed by atoms with E-state index in [4.69, 9.17) is 10.5 Å². The predicted octanol–water partition coefficient (Wildman–Crippen LogP) is 2.56. The molecule has 1 aromatic heterocycles. The molecule has 2 nitrogen and oxygen atoms in total. The van der Waals surface area contributed by atoms with E-state index in [2.05, 4.69) is 26.8 Å². The molecule has 0 saturated carbocycles. The van der Waals surface area contributed by atoms with Gasteiger partial charge < -0.3 is 10.5 Å². The molecule has 2 N–H and O–H groups in total. The van der Waals surface area contributed by atoms with Gasteiger partial charge in [0.1, 0.15) is 5.75 Å². The molecule has 0 aromatic carbocycles. The van der Waals surface area contributed by atoms with Crippen molar-refractivity contribution < 1.29 is 4.74 Å². The monoisotopic (exact) mass is 213 g/mol. The lowest BCUT2D eigenvalue weighted by Crippen LogP contribution is -2.07. The van der Waals surface area contributed by atoms with Crippen molar-refractivity contribution in [2.24, 2.45) is 5.73 Å². The van der Waals surface area contributed by atoms with Crippen LogP contribution in [0.5, 0.6) is 5.75 Å². The molecule has 1 aromatic rings. The number of hydrogen-bond acceptors (Lipinski definition) is 3. The zero-order valence-corrected chi connectivity index (χ0v) is 10.2. The van der Waals surface area contributed by atoms with E-state index >= 15 is 0 Å². The summed E-state index contributed by atoms with van der Waals surface area (Å²) in [6.45, 7) is 7.32. The first-order chi connectivity index (χ1) is 6.49. The second-order valence-corrected chi connectivity index (χ2v) is 5.53. The molecule has 0 spiro atoms. The number of ether oxygens (including phenoxy) is 1. The van der Waals surface area contributed by atoms with Gasteiger partial charge in [0.25, 0.3) is 0 Å².